The van der Waals surface area contributed by atoms with Gasteiger partial charge in [-0.15, -0.1) is 11.8 Å². The number of carbonyl (C=O) groups is 1. The van der Waals surface area contributed by atoms with Crippen molar-refractivity contribution in [1.82, 2.24) is 0 Å². The van der Waals surface area contributed by atoms with Gasteiger partial charge in [0.05, 0.1) is 17.3 Å². The normalized spacial score (nSPS) is 12.5. The molecular weight excluding hydrogens is 368 g/mol. The van der Waals surface area contributed by atoms with Gasteiger partial charge in [0.25, 0.3) is 0 Å². The molecule has 6 heteroatoms. The molecule has 2 rings (SSSR count). The topological polar surface area (TPSA) is 60.4 Å². The van der Waals surface area contributed by atoms with Crippen molar-refractivity contribution in [2.45, 2.75) is 41.7 Å². The summed E-state index contributed by atoms with van der Waals surface area (Å²) >= 11 is 1.49. The average Bonchev–Trinajstić information content (AvgIpc) is 2.61. The molecule has 0 spiro atoms. The molecule has 0 saturated heterocycles. The third-order valence-electron chi connectivity index (χ3n) is 3.81. The van der Waals surface area contributed by atoms with Crippen molar-refractivity contribution in [3.05, 3.63) is 60.2 Å². The molecule has 26 heavy (non-hydrogen) atoms. The summed E-state index contributed by atoms with van der Waals surface area (Å²) in [6.07, 6.45) is 0.658. The van der Waals surface area contributed by atoms with E-state index in [9.17, 15) is 13.2 Å². The Hall–Kier alpha value is -1.79. The molecule has 0 aromatic heterocycles. The van der Waals surface area contributed by atoms with E-state index in [-0.39, 0.29) is 23.4 Å². The van der Waals surface area contributed by atoms with Crippen LogP contribution < -0.4 is 0 Å². The van der Waals surface area contributed by atoms with Gasteiger partial charge in [-0.3, -0.25) is 4.79 Å². The minimum Gasteiger partial charge on any atom is -0.466 e. The van der Waals surface area contributed by atoms with Gasteiger partial charge >= 0.3 is 5.97 Å². The monoisotopic (exact) mass is 392 g/mol. The summed E-state index contributed by atoms with van der Waals surface area (Å²) in [5.74, 6) is -0.312. The van der Waals surface area contributed by atoms with Gasteiger partial charge < -0.3 is 4.74 Å². The van der Waals surface area contributed by atoms with Gasteiger partial charge in [0.15, 0.2) is 9.84 Å². The number of hydrogen-bond acceptors (Lipinski definition) is 5. The zero-order valence-corrected chi connectivity index (χ0v) is 16.7. The molecule has 1 atom stereocenters. The maximum atomic E-state index is 12.8. The van der Waals surface area contributed by atoms with Gasteiger partial charge in [-0.1, -0.05) is 35.9 Å². The highest BCUT2D eigenvalue weighted by atomic mass is 32.2. The van der Waals surface area contributed by atoms with Crippen LogP contribution in [0.25, 0.3) is 0 Å². The number of ether oxygens (including phenoxy) is 1. The fourth-order valence-electron chi connectivity index (χ4n) is 2.47. The number of thioether (sulfide) groups is 1. The SMILES string of the molecule is CCOC(=O)CCC(CS(=O)(=O)c1ccc(C)cc1)Sc1ccccc1. The Bertz CT molecular complexity index is 799. The molecule has 140 valence electrons. The lowest BCUT2D eigenvalue weighted by molar-refractivity contribution is -0.143. The third kappa shape index (κ3) is 6.50. The molecule has 0 N–H and O–H groups in total. The molecule has 0 saturated carbocycles. The number of rotatable bonds is 9. The summed E-state index contributed by atoms with van der Waals surface area (Å²) in [5.41, 5.74) is 1.02. The van der Waals surface area contributed by atoms with E-state index in [2.05, 4.69) is 0 Å². The Morgan fingerprint density at radius 2 is 1.73 bits per heavy atom. The molecule has 2 aromatic rings. The van der Waals surface area contributed by atoms with Gasteiger partial charge in [0.1, 0.15) is 0 Å². The largest absolute Gasteiger partial charge is 0.466 e. The number of hydrogen-bond donors (Lipinski definition) is 0. The second-order valence-electron chi connectivity index (χ2n) is 5.99. The van der Waals surface area contributed by atoms with Crippen LogP contribution in [0.4, 0.5) is 0 Å². The van der Waals surface area contributed by atoms with Crippen molar-refractivity contribution in [2.75, 3.05) is 12.4 Å². The van der Waals surface area contributed by atoms with E-state index in [1.807, 2.05) is 37.3 Å². The van der Waals surface area contributed by atoms with E-state index in [0.29, 0.717) is 17.9 Å². The molecule has 0 fully saturated rings. The van der Waals surface area contributed by atoms with Crippen molar-refractivity contribution in [3.8, 4) is 0 Å². The standard InChI is InChI=1S/C20H24O4S2/c1-3-24-20(21)14-11-18(25-17-7-5-4-6-8-17)15-26(22,23)19-12-9-16(2)10-13-19/h4-10,12-13,18H,3,11,14-15H2,1-2H3. The van der Waals surface area contributed by atoms with Crippen LogP contribution in [0.15, 0.2) is 64.4 Å². The Morgan fingerprint density at radius 1 is 1.08 bits per heavy atom. The first-order valence-corrected chi connectivity index (χ1v) is 11.1. The average molecular weight is 393 g/mol. The van der Waals surface area contributed by atoms with Gasteiger partial charge in [0.2, 0.25) is 0 Å². The highest BCUT2D eigenvalue weighted by Crippen LogP contribution is 2.29. The summed E-state index contributed by atoms with van der Waals surface area (Å²) in [5, 5.41) is -0.229. The molecule has 0 aliphatic carbocycles. The van der Waals surface area contributed by atoms with E-state index < -0.39 is 9.84 Å². The van der Waals surface area contributed by atoms with Crippen LogP contribution >= 0.6 is 11.8 Å². The maximum Gasteiger partial charge on any atom is 0.305 e. The van der Waals surface area contributed by atoms with Gasteiger partial charge in [-0.05, 0) is 44.5 Å². The molecule has 0 aliphatic heterocycles. The van der Waals surface area contributed by atoms with E-state index in [1.54, 1.807) is 31.2 Å². The highest BCUT2D eigenvalue weighted by Gasteiger charge is 2.23. The van der Waals surface area contributed by atoms with E-state index >= 15 is 0 Å². The van der Waals surface area contributed by atoms with Crippen LogP contribution in [0.1, 0.15) is 25.3 Å². The van der Waals surface area contributed by atoms with Crippen LogP contribution in [0.5, 0.6) is 0 Å². The van der Waals surface area contributed by atoms with E-state index in [1.165, 1.54) is 11.8 Å². The van der Waals surface area contributed by atoms with Crippen molar-refractivity contribution in [1.29, 1.82) is 0 Å². The molecule has 0 amide bonds. The van der Waals surface area contributed by atoms with Crippen molar-refractivity contribution < 1.29 is 17.9 Å². The number of aryl methyl sites for hydroxylation is 1. The predicted molar refractivity (Wildman–Crippen MR) is 105 cm³/mol. The fraction of sp³-hybridized carbons (Fsp3) is 0.350. The summed E-state index contributed by atoms with van der Waals surface area (Å²) < 4.78 is 30.5. The van der Waals surface area contributed by atoms with Crippen LogP contribution in [0.2, 0.25) is 0 Å². The summed E-state index contributed by atoms with van der Waals surface area (Å²) in [7, 11) is -3.43. The first-order chi connectivity index (χ1) is 12.4. The first-order valence-electron chi connectivity index (χ1n) is 8.57. The fourth-order valence-corrected chi connectivity index (χ4v) is 5.61. The van der Waals surface area contributed by atoms with Gasteiger partial charge in [0, 0.05) is 16.6 Å². The molecule has 4 nitrogen and oxygen atoms in total. The minimum absolute atomic E-state index is 0.0188. The summed E-state index contributed by atoms with van der Waals surface area (Å²) in [6.45, 7) is 4.01. The molecule has 0 heterocycles. The lowest BCUT2D eigenvalue weighted by Gasteiger charge is -2.17. The molecular formula is C20H24O4S2. The second-order valence-corrected chi connectivity index (χ2v) is 9.40. The second kappa shape index (κ2) is 9.78. The van der Waals surface area contributed by atoms with Crippen LogP contribution in [-0.2, 0) is 19.4 Å². The van der Waals surface area contributed by atoms with Crippen molar-refractivity contribution in [2.24, 2.45) is 0 Å². The molecule has 2 aromatic carbocycles. The van der Waals surface area contributed by atoms with Gasteiger partial charge in [-0.25, -0.2) is 8.42 Å². The van der Waals surface area contributed by atoms with E-state index in [4.69, 9.17) is 4.74 Å². The minimum atomic E-state index is -3.43. The lowest BCUT2D eigenvalue weighted by atomic mass is 10.2. The summed E-state index contributed by atoms with van der Waals surface area (Å²) in [4.78, 5) is 13.0. The maximum absolute atomic E-state index is 12.8. The molecule has 1 unspecified atom stereocenters. The Balaban J connectivity index is 2.13. The van der Waals surface area contributed by atoms with Crippen molar-refractivity contribution >= 4 is 27.6 Å². The number of esters is 1. The number of sulfone groups is 1. The zero-order valence-electron chi connectivity index (χ0n) is 15.1. The Labute approximate surface area is 159 Å². The first kappa shape index (κ1) is 20.5. The Kier molecular flexibility index (Phi) is 7.72. The smallest absolute Gasteiger partial charge is 0.305 e. The van der Waals surface area contributed by atoms with Crippen molar-refractivity contribution in [3.63, 3.8) is 0 Å². The molecule has 0 radical (unpaired) electrons. The quantitative estimate of drug-likeness (QED) is 0.471. The zero-order chi connectivity index (χ0) is 19.0. The lowest BCUT2D eigenvalue weighted by Crippen LogP contribution is -2.20. The van der Waals surface area contributed by atoms with Crippen LogP contribution in [0, 0.1) is 6.92 Å². The highest BCUT2D eigenvalue weighted by molar-refractivity contribution is 8.01. The van der Waals surface area contributed by atoms with Crippen LogP contribution in [0.3, 0.4) is 0 Å². The molecule has 0 bridgehead atoms. The third-order valence-corrected chi connectivity index (χ3v) is 7.13. The van der Waals surface area contributed by atoms with E-state index in [0.717, 1.165) is 10.5 Å². The predicted octanol–water partition coefficient (Wildman–Crippen LogP) is 4.27. The number of benzene rings is 2. The number of carbonyl (C=O) groups excluding carboxylic acids is 1. The van der Waals surface area contributed by atoms with Crippen LogP contribution in [-0.4, -0.2) is 32.0 Å². The summed E-state index contributed by atoms with van der Waals surface area (Å²) in [6, 6.07) is 16.5. The van der Waals surface area contributed by atoms with Gasteiger partial charge in [-0.2, -0.15) is 0 Å². The molecule has 0 aliphatic rings. The Morgan fingerprint density at radius 3 is 2.35 bits per heavy atom.